The molecule has 0 bridgehead atoms. The van der Waals surface area contributed by atoms with Gasteiger partial charge in [0.25, 0.3) is 0 Å². The molecular weight excluding hydrogens is 234 g/mol. The SMILES string of the molecule is CC(Cc1ccccc1)Nc1ccc(N)c(C#N)c1. The minimum absolute atomic E-state index is 0.289. The van der Waals surface area contributed by atoms with Crippen LogP contribution in [0.5, 0.6) is 0 Å². The smallest absolute Gasteiger partial charge is 0.101 e. The van der Waals surface area contributed by atoms with Crippen LogP contribution in [0.25, 0.3) is 0 Å². The number of nitrogen functional groups attached to an aromatic ring is 1. The molecule has 0 spiro atoms. The third-order valence-corrected chi connectivity index (χ3v) is 2.97. The van der Waals surface area contributed by atoms with E-state index in [1.165, 1.54) is 5.56 Å². The molecule has 0 heterocycles. The molecule has 1 unspecified atom stereocenters. The highest BCUT2D eigenvalue weighted by Gasteiger charge is 2.05. The predicted octanol–water partition coefficient (Wildman–Crippen LogP) is 3.18. The van der Waals surface area contributed by atoms with Gasteiger partial charge in [-0.1, -0.05) is 30.3 Å². The number of nitrogens with zero attached hydrogens (tertiary/aromatic N) is 1. The summed E-state index contributed by atoms with van der Waals surface area (Å²) in [6.07, 6.45) is 0.938. The summed E-state index contributed by atoms with van der Waals surface area (Å²) < 4.78 is 0. The molecule has 0 aliphatic carbocycles. The topological polar surface area (TPSA) is 61.8 Å². The maximum Gasteiger partial charge on any atom is 0.101 e. The van der Waals surface area contributed by atoms with Crippen LogP contribution in [0.2, 0.25) is 0 Å². The molecule has 2 aromatic carbocycles. The summed E-state index contributed by atoms with van der Waals surface area (Å²) in [5.41, 5.74) is 8.95. The molecule has 2 aromatic rings. The van der Waals surface area contributed by atoms with E-state index >= 15 is 0 Å². The van der Waals surface area contributed by atoms with Gasteiger partial charge in [-0.25, -0.2) is 0 Å². The van der Waals surface area contributed by atoms with Crippen molar-refractivity contribution in [1.29, 1.82) is 5.26 Å². The molecular formula is C16H17N3. The largest absolute Gasteiger partial charge is 0.398 e. The van der Waals surface area contributed by atoms with Crippen molar-refractivity contribution in [2.24, 2.45) is 0 Å². The molecule has 1 atom stereocenters. The van der Waals surface area contributed by atoms with Crippen LogP contribution in [-0.4, -0.2) is 6.04 Å². The number of anilines is 2. The second-order valence-electron chi connectivity index (χ2n) is 4.65. The molecule has 0 aromatic heterocycles. The average Bonchev–Trinajstić information content (AvgIpc) is 2.42. The van der Waals surface area contributed by atoms with Gasteiger partial charge in [-0.2, -0.15) is 5.26 Å². The Balaban J connectivity index is 2.03. The minimum atomic E-state index is 0.289. The lowest BCUT2D eigenvalue weighted by molar-refractivity contribution is 0.790. The molecule has 0 amide bonds. The summed E-state index contributed by atoms with van der Waals surface area (Å²) in [5.74, 6) is 0. The fraction of sp³-hybridized carbons (Fsp3) is 0.188. The summed E-state index contributed by atoms with van der Waals surface area (Å²) in [7, 11) is 0. The zero-order valence-electron chi connectivity index (χ0n) is 10.9. The van der Waals surface area contributed by atoms with Crippen LogP contribution in [0.3, 0.4) is 0 Å². The lowest BCUT2D eigenvalue weighted by Crippen LogP contribution is -2.18. The molecule has 0 radical (unpaired) electrons. The maximum absolute atomic E-state index is 8.95. The normalized spacial score (nSPS) is 11.6. The van der Waals surface area contributed by atoms with Crippen LogP contribution in [0.1, 0.15) is 18.1 Å². The molecule has 96 valence electrons. The fourth-order valence-corrected chi connectivity index (χ4v) is 2.05. The van der Waals surface area contributed by atoms with Crippen molar-refractivity contribution in [3.63, 3.8) is 0 Å². The lowest BCUT2D eigenvalue weighted by Gasteiger charge is -2.16. The first-order chi connectivity index (χ1) is 9.19. The number of benzene rings is 2. The van der Waals surface area contributed by atoms with Crippen molar-refractivity contribution in [2.75, 3.05) is 11.1 Å². The molecule has 0 aliphatic rings. The van der Waals surface area contributed by atoms with E-state index in [4.69, 9.17) is 11.0 Å². The van der Waals surface area contributed by atoms with Crippen molar-refractivity contribution in [1.82, 2.24) is 0 Å². The molecule has 3 nitrogen and oxygen atoms in total. The van der Waals surface area contributed by atoms with E-state index in [-0.39, 0.29) is 6.04 Å². The fourth-order valence-electron chi connectivity index (χ4n) is 2.05. The molecule has 19 heavy (non-hydrogen) atoms. The first-order valence-corrected chi connectivity index (χ1v) is 6.29. The van der Waals surface area contributed by atoms with Crippen molar-refractivity contribution >= 4 is 11.4 Å². The Hall–Kier alpha value is -2.47. The minimum Gasteiger partial charge on any atom is -0.398 e. The maximum atomic E-state index is 8.95. The summed E-state index contributed by atoms with van der Waals surface area (Å²) in [6.45, 7) is 2.12. The molecule has 3 heteroatoms. The van der Waals surface area contributed by atoms with Gasteiger partial charge < -0.3 is 11.1 Å². The van der Waals surface area contributed by atoms with E-state index < -0.39 is 0 Å². The molecule has 2 rings (SSSR count). The second kappa shape index (κ2) is 5.92. The molecule has 0 saturated heterocycles. The number of nitrogens with one attached hydrogen (secondary N) is 1. The Morgan fingerprint density at radius 3 is 2.63 bits per heavy atom. The van der Waals surface area contributed by atoms with Gasteiger partial charge in [-0.3, -0.25) is 0 Å². The van der Waals surface area contributed by atoms with Gasteiger partial charge in [0.2, 0.25) is 0 Å². The molecule has 3 N–H and O–H groups in total. The predicted molar refractivity (Wildman–Crippen MR) is 78.8 cm³/mol. The third kappa shape index (κ3) is 3.49. The Morgan fingerprint density at radius 2 is 1.95 bits per heavy atom. The summed E-state index contributed by atoms with van der Waals surface area (Å²) >= 11 is 0. The molecule has 0 saturated carbocycles. The van der Waals surface area contributed by atoms with Crippen LogP contribution < -0.4 is 11.1 Å². The first kappa shape index (κ1) is 13.0. The van der Waals surface area contributed by atoms with Gasteiger partial charge in [-0.05, 0) is 37.1 Å². The lowest BCUT2D eigenvalue weighted by atomic mass is 10.1. The van der Waals surface area contributed by atoms with Crippen molar-refractivity contribution < 1.29 is 0 Å². The third-order valence-electron chi connectivity index (χ3n) is 2.97. The van der Waals surface area contributed by atoms with E-state index in [0.29, 0.717) is 11.3 Å². The molecule has 0 fully saturated rings. The van der Waals surface area contributed by atoms with Crippen LogP contribution in [0.4, 0.5) is 11.4 Å². The number of hydrogen-bond donors (Lipinski definition) is 2. The average molecular weight is 251 g/mol. The standard InChI is InChI=1S/C16H17N3/c1-12(9-13-5-3-2-4-6-13)19-15-7-8-16(18)14(10-15)11-17/h2-8,10,12,19H,9,18H2,1H3. The first-order valence-electron chi connectivity index (χ1n) is 6.29. The Labute approximate surface area is 113 Å². The Morgan fingerprint density at radius 1 is 1.21 bits per heavy atom. The summed E-state index contributed by atoms with van der Waals surface area (Å²) in [5, 5.41) is 12.3. The van der Waals surface area contributed by atoms with Gasteiger partial charge in [0.05, 0.1) is 5.56 Å². The highest BCUT2D eigenvalue weighted by atomic mass is 14.9. The van der Waals surface area contributed by atoms with E-state index in [0.717, 1.165) is 12.1 Å². The highest BCUT2D eigenvalue weighted by Crippen LogP contribution is 2.18. The van der Waals surface area contributed by atoms with E-state index in [9.17, 15) is 0 Å². The number of rotatable bonds is 4. The van der Waals surface area contributed by atoms with Crippen LogP contribution in [0, 0.1) is 11.3 Å². The number of nitriles is 1. The zero-order chi connectivity index (χ0) is 13.7. The van der Waals surface area contributed by atoms with Crippen LogP contribution in [0.15, 0.2) is 48.5 Å². The Bertz CT molecular complexity index is 585. The van der Waals surface area contributed by atoms with Gasteiger partial charge in [0.15, 0.2) is 0 Å². The summed E-state index contributed by atoms with van der Waals surface area (Å²) in [4.78, 5) is 0. The van der Waals surface area contributed by atoms with Gasteiger partial charge in [-0.15, -0.1) is 0 Å². The second-order valence-corrected chi connectivity index (χ2v) is 4.65. The van der Waals surface area contributed by atoms with Crippen molar-refractivity contribution in [3.8, 4) is 6.07 Å². The Kier molecular flexibility index (Phi) is 4.04. The van der Waals surface area contributed by atoms with Crippen molar-refractivity contribution in [2.45, 2.75) is 19.4 Å². The number of nitrogens with two attached hydrogens (primary N) is 1. The van der Waals surface area contributed by atoms with Gasteiger partial charge in [0.1, 0.15) is 6.07 Å². The van der Waals surface area contributed by atoms with E-state index in [1.807, 2.05) is 24.3 Å². The van der Waals surface area contributed by atoms with Gasteiger partial charge in [0, 0.05) is 17.4 Å². The van der Waals surface area contributed by atoms with Crippen LogP contribution in [-0.2, 0) is 6.42 Å². The van der Waals surface area contributed by atoms with Crippen LogP contribution >= 0.6 is 0 Å². The van der Waals surface area contributed by atoms with E-state index in [2.05, 4.69) is 30.4 Å². The zero-order valence-corrected chi connectivity index (χ0v) is 10.9. The highest BCUT2D eigenvalue weighted by molar-refractivity contribution is 5.62. The van der Waals surface area contributed by atoms with Gasteiger partial charge >= 0.3 is 0 Å². The summed E-state index contributed by atoms with van der Waals surface area (Å²) in [6, 6.07) is 18.2. The molecule has 0 aliphatic heterocycles. The quantitative estimate of drug-likeness (QED) is 0.820. The van der Waals surface area contributed by atoms with Crippen molar-refractivity contribution in [3.05, 3.63) is 59.7 Å². The monoisotopic (exact) mass is 251 g/mol. The van der Waals surface area contributed by atoms with E-state index in [1.54, 1.807) is 12.1 Å². The number of hydrogen-bond acceptors (Lipinski definition) is 3.